The zero-order valence-electron chi connectivity index (χ0n) is 10.8. The Balaban J connectivity index is 2.01. The molecule has 0 saturated heterocycles. The number of nitrogens with zero attached hydrogens (tertiary/aromatic N) is 1. The third kappa shape index (κ3) is 1.37. The van der Waals surface area contributed by atoms with Crippen LogP contribution in [0.15, 0.2) is 0 Å². The highest BCUT2D eigenvalue weighted by Gasteiger charge is 2.25. The highest BCUT2D eigenvalue weighted by molar-refractivity contribution is 7.19. The van der Waals surface area contributed by atoms with Crippen LogP contribution in [0.1, 0.15) is 41.5 Å². The van der Waals surface area contributed by atoms with E-state index in [2.05, 4.69) is 6.92 Å². The number of nitrogens with two attached hydrogens (primary N) is 1. The van der Waals surface area contributed by atoms with E-state index in [4.69, 9.17) is 10.7 Å². The Hall–Kier alpha value is -1.09. The van der Waals surface area contributed by atoms with Crippen molar-refractivity contribution >= 4 is 27.2 Å². The minimum Gasteiger partial charge on any atom is -0.398 e. The van der Waals surface area contributed by atoms with Gasteiger partial charge in [0, 0.05) is 21.6 Å². The fourth-order valence-corrected chi connectivity index (χ4v) is 4.81. The van der Waals surface area contributed by atoms with Crippen LogP contribution in [0.5, 0.6) is 0 Å². The minimum atomic E-state index is 0.758. The lowest BCUT2D eigenvalue weighted by Crippen LogP contribution is -2.15. The maximum atomic E-state index is 6.47. The highest BCUT2D eigenvalue weighted by Crippen LogP contribution is 2.42. The van der Waals surface area contributed by atoms with Gasteiger partial charge in [-0.15, -0.1) is 11.3 Å². The quantitative estimate of drug-likeness (QED) is 0.785. The Bertz CT molecular complexity index is 642. The zero-order chi connectivity index (χ0) is 12.3. The molecule has 2 aromatic heterocycles. The summed E-state index contributed by atoms with van der Waals surface area (Å²) in [5.74, 6) is 0.758. The van der Waals surface area contributed by atoms with E-state index in [9.17, 15) is 0 Å². The molecule has 18 heavy (non-hydrogen) atoms. The minimum absolute atomic E-state index is 0.758. The van der Waals surface area contributed by atoms with Gasteiger partial charge in [0.05, 0.1) is 0 Å². The molecule has 2 aliphatic carbocycles. The van der Waals surface area contributed by atoms with Crippen molar-refractivity contribution in [2.75, 3.05) is 5.73 Å². The Kier molecular flexibility index (Phi) is 2.22. The topological polar surface area (TPSA) is 38.9 Å². The van der Waals surface area contributed by atoms with E-state index in [1.807, 2.05) is 11.3 Å². The number of nitrogen functional groups attached to an aromatic ring is 1. The van der Waals surface area contributed by atoms with E-state index in [-0.39, 0.29) is 0 Å². The maximum absolute atomic E-state index is 6.47. The molecule has 0 aromatic carbocycles. The molecule has 0 saturated carbocycles. The van der Waals surface area contributed by atoms with Crippen LogP contribution in [0.3, 0.4) is 0 Å². The first-order valence-electron chi connectivity index (χ1n) is 6.95. The van der Waals surface area contributed by atoms with Gasteiger partial charge in [-0.25, -0.2) is 4.98 Å². The van der Waals surface area contributed by atoms with Crippen molar-refractivity contribution in [3.8, 4) is 0 Å². The predicted molar refractivity (Wildman–Crippen MR) is 77.2 cm³/mol. The molecule has 2 heterocycles. The molecular formula is C15H18N2S. The zero-order valence-corrected chi connectivity index (χ0v) is 11.6. The van der Waals surface area contributed by atoms with E-state index < -0.39 is 0 Å². The van der Waals surface area contributed by atoms with Crippen molar-refractivity contribution < 1.29 is 0 Å². The summed E-state index contributed by atoms with van der Waals surface area (Å²) in [7, 11) is 0. The first-order valence-corrected chi connectivity index (χ1v) is 7.77. The van der Waals surface area contributed by atoms with Gasteiger partial charge in [-0.05, 0) is 55.6 Å². The molecule has 2 nitrogen and oxygen atoms in total. The molecule has 4 rings (SSSR count). The van der Waals surface area contributed by atoms with Gasteiger partial charge in [0.1, 0.15) is 4.83 Å². The SMILES string of the molecule is CC1CCc2c(nc3sc4c(c3c2N)CCC4)C1. The lowest BCUT2D eigenvalue weighted by Gasteiger charge is -2.22. The summed E-state index contributed by atoms with van der Waals surface area (Å²) < 4.78 is 0. The third-order valence-corrected chi connectivity index (χ3v) is 5.70. The van der Waals surface area contributed by atoms with E-state index in [1.54, 1.807) is 4.88 Å². The number of hydrogen-bond acceptors (Lipinski definition) is 3. The van der Waals surface area contributed by atoms with Crippen LogP contribution in [-0.4, -0.2) is 4.98 Å². The lowest BCUT2D eigenvalue weighted by molar-refractivity contribution is 0.494. The molecule has 3 heteroatoms. The van der Waals surface area contributed by atoms with Crippen LogP contribution in [0.25, 0.3) is 10.2 Å². The normalized spacial score (nSPS) is 22.2. The average Bonchev–Trinajstić information content (AvgIpc) is 2.88. The van der Waals surface area contributed by atoms with Crippen LogP contribution < -0.4 is 5.73 Å². The molecule has 0 spiro atoms. The summed E-state index contributed by atoms with van der Waals surface area (Å²) in [6.07, 6.45) is 7.22. The monoisotopic (exact) mass is 258 g/mol. The molecule has 0 radical (unpaired) electrons. The number of hydrogen-bond donors (Lipinski definition) is 1. The van der Waals surface area contributed by atoms with E-state index in [0.717, 1.165) is 24.4 Å². The van der Waals surface area contributed by atoms with Gasteiger partial charge in [0.2, 0.25) is 0 Å². The largest absolute Gasteiger partial charge is 0.398 e. The number of rotatable bonds is 0. The predicted octanol–water partition coefficient (Wildman–Crippen LogP) is 3.49. The molecular weight excluding hydrogens is 240 g/mol. The summed E-state index contributed by atoms with van der Waals surface area (Å²) in [6.45, 7) is 2.32. The van der Waals surface area contributed by atoms with Crippen molar-refractivity contribution in [3.63, 3.8) is 0 Å². The summed E-state index contributed by atoms with van der Waals surface area (Å²) in [4.78, 5) is 7.67. The number of aryl methyl sites for hydroxylation is 2. The molecule has 2 aromatic rings. The Labute approximate surface area is 111 Å². The van der Waals surface area contributed by atoms with Gasteiger partial charge in [-0.1, -0.05) is 6.92 Å². The van der Waals surface area contributed by atoms with Crippen LogP contribution in [0, 0.1) is 5.92 Å². The molecule has 0 fully saturated rings. The van der Waals surface area contributed by atoms with Crippen molar-refractivity contribution in [1.29, 1.82) is 0 Å². The second-order valence-electron chi connectivity index (χ2n) is 5.84. The van der Waals surface area contributed by atoms with E-state index >= 15 is 0 Å². The summed E-state index contributed by atoms with van der Waals surface area (Å²) in [6, 6.07) is 0. The first-order chi connectivity index (χ1) is 8.74. The average molecular weight is 258 g/mol. The van der Waals surface area contributed by atoms with Gasteiger partial charge >= 0.3 is 0 Å². The van der Waals surface area contributed by atoms with Gasteiger partial charge in [0.25, 0.3) is 0 Å². The fourth-order valence-electron chi connectivity index (χ4n) is 3.51. The molecule has 1 unspecified atom stereocenters. The van der Waals surface area contributed by atoms with Gasteiger partial charge in [-0.2, -0.15) is 0 Å². The Morgan fingerprint density at radius 1 is 1.22 bits per heavy atom. The number of fused-ring (bicyclic) bond motifs is 4. The first kappa shape index (κ1) is 10.8. The highest BCUT2D eigenvalue weighted by atomic mass is 32.1. The number of pyridine rings is 1. The molecule has 2 N–H and O–H groups in total. The van der Waals surface area contributed by atoms with Crippen LogP contribution in [0.2, 0.25) is 0 Å². The lowest BCUT2D eigenvalue weighted by atomic mass is 9.86. The molecule has 0 amide bonds. The molecule has 94 valence electrons. The summed E-state index contributed by atoms with van der Waals surface area (Å²) >= 11 is 1.88. The van der Waals surface area contributed by atoms with Gasteiger partial charge in [0.15, 0.2) is 0 Å². The van der Waals surface area contributed by atoms with Crippen molar-refractivity contribution in [3.05, 3.63) is 21.7 Å². The maximum Gasteiger partial charge on any atom is 0.126 e. The van der Waals surface area contributed by atoms with Crippen LogP contribution in [0.4, 0.5) is 5.69 Å². The summed E-state index contributed by atoms with van der Waals surface area (Å²) in [5, 5.41) is 1.31. The van der Waals surface area contributed by atoms with Crippen molar-refractivity contribution in [1.82, 2.24) is 4.98 Å². The van der Waals surface area contributed by atoms with Gasteiger partial charge < -0.3 is 5.73 Å². The summed E-state index contributed by atoms with van der Waals surface area (Å²) in [5.41, 5.74) is 11.7. The Morgan fingerprint density at radius 2 is 2.11 bits per heavy atom. The Morgan fingerprint density at radius 3 is 3.00 bits per heavy atom. The number of aromatic nitrogens is 1. The second-order valence-corrected chi connectivity index (χ2v) is 6.92. The molecule has 2 aliphatic rings. The van der Waals surface area contributed by atoms with Gasteiger partial charge in [-0.3, -0.25) is 0 Å². The third-order valence-electron chi connectivity index (χ3n) is 4.51. The standard InChI is InChI=1S/C15H18N2S/c1-8-5-6-9-11(7-8)17-15-13(14(9)16)10-3-2-4-12(10)18-15/h8H,2-7H2,1H3,(H2,16,17). The molecule has 1 atom stereocenters. The van der Waals surface area contributed by atoms with Crippen molar-refractivity contribution in [2.24, 2.45) is 5.92 Å². The van der Waals surface area contributed by atoms with Crippen LogP contribution in [-0.2, 0) is 25.7 Å². The second kappa shape index (κ2) is 3.70. The van der Waals surface area contributed by atoms with Crippen molar-refractivity contribution in [2.45, 2.75) is 45.4 Å². The fraction of sp³-hybridized carbons (Fsp3) is 0.533. The number of anilines is 1. The van der Waals surface area contributed by atoms with E-state index in [1.165, 1.54) is 52.7 Å². The van der Waals surface area contributed by atoms with E-state index in [0.29, 0.717) is 0 Å². The molecule has 0 bridgehead atoms. The molecule has 0 aliphatic heterocycles. The number of thiophene rings is 1. The smallest absolute Gasteiger partial charge is 0.126 e. The van der Waals surface area contributed by atoms with Crippen LogP contribution >= 0.6 is 11.3 Å².